The molecule has 0 spiro atoms. The summed E-state index contributed by atoms with van der Waals surface area (Å²) < 4.78 is 27.7. The molecule has 0 aromatic rings. The Morgan fingerprint density at radius 2 is 1.25 bits per heavy atom. The number of hydrogen-bond donors (Lipinski definition) is 10. The minimum absolute atomic E-state index is 0.640. The molecule has 0 aromatic heterocycles. The average Bonchev–Trinajstić information content (AvgIpc) is 2.84. The van der Waals surface area contributed by atoms with Crippen molar-refractivity contribution in [1.29, 1.82) is 0 Å². The van der Waals surface area contributed by atoms with E-state index < -0.39 is 111 Å². The van der Waals surface area contributed by atoms with Crippen LogP contribution in [0.1, 0.15) is 13.8 Å². The fourth-order valence-electron chi connectivity index (χ4n) is 4.40. The number of aliphatic hydroxyl groups is 9. The Balaban J connectivity index is 1.92. The maximum absolute atomic E-state index is 11.8. The van der Waals surface area contributed by atoms with Crippen LogP contribution < -0.4 is 5.32 Å². The molecule has 3 rings (SSSR count). The van der Waals surface area contributed by atoms with E-state index in [0.717, 1.165) is 6.92 Å². The van der Waals surface area contributed by atoms with Crippen molar-refractivity contribution in [2.75, 3.05) is 13.2 Å². The molecule has 3 aliphatic heterocycles. The number of carbonyl (C=O) groups is 1. The monoisotopic (exact) mass is 529 g/mol. The summed E-state index contributed by atoms with van der Waals surface area (Å²) in [6.07, 6.45) is -22.0. The van der Waals surface area contributed by atoms with Crippen LogP contribution in [-0.4, -0.2) is 157 Å². The van der Waals surface area contributed by atoms with Gasteiger partial charge in [-0.1, -0.05) is 0 Å². The van der Waals surface area contributed by atoms with Gasteiger partial charge in [0.05, 0.1) is 19.3 Å². The second kappa shape index (κ2) is 12.2. The van der Waals surface area contributed by atoms with Gasteiger partial charge in [-0.2, -0.15) is 0 Å². The van der Waals surface area contributed by atoms with Crippen LogP contribution in [-0.2, 0) is 28.5 Å². The lowest BCUT2D eigenvalue weighted by Gasteiger charge is -2.49. The van der Waals surface area contributed by atoms with Gasteiger partial charge in [-0.3, -0.25) is 4.79 Å². The van der Waals surface area contributed by atoms with Gasteiger partial charge in [-0.05, 0) is 6.92 Å². The smallest absolute Gasteiger partial charge is 0.217 e. The van der Waals surface area contributed by atoms with E-state index in [0.29, 0.717) is 0 Å². The summed E-state index contributed by atoms with van der Waals surface area (Å²) in [5.41, 5.74) is 0. The molecule has 0 aliphatic carbocycles. The van der Waals surface area contributed by atoms with E-state index in [9.17, 15) is 50.8 Å². The summed E-state index contributed by atoms with van der Waals surface area (Å²) in [4.78, 5) is 11.8. The molecule has 1 amide bonds. The number of amides is 1. The first-order valence-corrected chi connectivity index (χ1v) is 11.4. The molecule has 3 saturated heterocycles. The molecule has 36 heavy (non-hydrogen) atoms. The van der Waals surface area contributed by atoms with Crippen molar-refractivity contribution in [3.05, 3.63) is 0 Å². The zero-order chi connectivity index (χ0) is 26.9. The van der Waals surface area contributed by atoms with Crippen LogP contribution in [0.5, 0.6) is 0 Å². The normalized spacial score (nSPS) is 50.0. The summed E-state index contributed by atoms with van der Waals surface area (Å²) in [5, 5.41) is 93.2. The molecule has 1 unspecified atom stereocenters. The van der Waals surface area contributed by atoms with Crippen molar-refractivity contribution in [3.8, 4) is 0 Å². The molecule has 0 aromatic carbocycles. The topological polar surface area (TPSA) is 257 Å². The van der Waals surface area contributed by atoms with E-state index in [1.807, 2.05) is 0 Å². The predicted octanol–water partition coefficient (Wildman–Crippen LogP) is -6.40. The Morgan fingerprint density at radius 3 is 1.81 bits per heavy atom. The van der Waals surface area contributed by atoms with E-state index in [4.69, 9.17) is 23.7 Å². The third kappa shape index (κ3) is 5.97. The highest BCUT2D eigenvalue weighted by Crippen LogP contribution is 2.32. The van der Waals surface area contributed by atoms with E-state index in [2.05, 4.69) is 5.32 Å². The summed E-state index contributed by atoms with van der Waals surface area (Å²) in [6, 6.07) is -1.41. The molecule has 0 saturated carbocycles. The van der Waals surface area contributed by atoms with Gasteiger partial charge >= 0.3 is 0 Å². The summed E-state index contributed by atoms with van der Waals surface area (Å²) in [7, 11) is 0. The fraction of sp³-hybridized carbons (Fsp3) is 0.950. The Bertz CT molecular complexity index is 729. The number of hydrogen-bond acceptors (Lipinski definition) is 15. The Morgan fingerprint density at radius 1 is 0.722 bits per heavy atom. The molecule has 0 radical (unpaired) electrons. The molecule has 3 fully saturated rings. The first-order valence-electron chi connectivity index (χ1n) is 11.4. The second-order valence-electron chi connectivity index (χ2n) is 9.05. The summed E-state index contributed by atoms with van der Waals surface area (Å²) in [6.45, 7) is 1.00. The lowest BCUT2D eigenvalue weighted by Crippen LogP contribution is -2.69. The van der Waals surface area contributed by atoms with Crippen LogP contribution in [0, 0.1) is 0 Å². The minimum Gasteiger partial charge on any atom is -0.394 e. The van der Waals surface area contributed by atoms with Crippen molar-refractivity contribution >= 4 is 5.91 Å². The minimum atomic E-state index is -1.85. The molecular formula is C20H35NO15. The van der Waals surface area contributed by atoms with Gasteiger partial charge in [0.2, 0.25) is 5.91 Å². The molecule has 3 heterocycles. The van der Waals surface area contributed by atoms with Crippen LogP contribution in [0.3, 0.4) is 0 Å². The predicted molar refractivity (Wildman–Crippen MR) is 111 cm³/mol. The maximum Gasteiger partial charge on any atom is 0.217 e. The number of aliphatic hydroxyl groups excluding tert-OH is 9. The number of ether oxygens (including phenoxy) is 5. The van der Waals surface area contributed by atoms with Crippen LogP contribution >= 0.6 is 0 Å². The number of carbonyl (C=O) groups excluding carboxylic acids is 1. The van der Waals surface area contributed by atoms with E-state index in [-0.39, 0.29) is 0 Å². The lowest BCUT2D eigenvalue weighted by atomic mass is 9.94. The molecule has 3 aliphatic rings. The van der Waals surface area contributed by atoms with Crippen LogP contribution in [0.4, 0.5) is 0 Å². The second-order valence-corrected chi connectivity index (χ2v) is 9.05. The van der Waals surface area contributed by atoms with Crippen LogP contribution in [0.15, 0.2) is 0 Å². The molecule has 0 bridgehead atoms. The highest BCUT2D eigenvalue weighted by molar-refractivity contribution is 5.73. The van der Waals surface area contributed by atoms with E-state index >= 15 is 0 Å². The molecule has 210 valence electrons. The van der Waals surface area contributed by atoms with Crippen LogP contribution in [0.2, 0.25) is 0 Å². The average molecular weight is 529 g/mol. The standard InChI is InChI=1S/C20H35NO15/c1-5-10(25)12(27)14(29)19(32-5)36-17-9(21-6(2)24)18(31)33-8(4-23)16(17)35-20-15(30)13(28)11(26)7(3-22)34-20/h5,7-20,22-23,25-31H,3-4H2,1-2H3,(H,21,24)/t5-,7-,8-,9-,10+,11+,12+,13+,14-,15-,16-,17-,18?,19-,20+/m1/s1. The third-order valence-corrected chi connectivity index (χ3v) is 6.45. The van der Waals surface area contributed by atoms with Crippen molar-refractivity contribution < 1.29 is 74.4 Å². The largest absolute Gasteiger partial charge is 0.394 e. The van der Waals surface area contributed by atoms with Gasteiger partial charge in [0, 0.05) is 6.92 Å². The molecule has 15 atom stereocenters. The van der Waals surface area contributed by atoms with E-state index in [1.165, 1.54) is 6.92 Å². The van der Waals surface area contributed by atoms with Gasteiger partial charge < -0.3 is 75.0 Å². The summed E-state index contributed by atoms with van der Waals surface area (Å²) >= 11 is 0. The SMILES string of the molecule is CC(=O)N[C@H]1C(O)O[C@H](CO)[C@@H](O[C@@H]2O[C@H](CO)[C@H](O)[C@H](O)[C@H]2O)[C@@H]1O[C@H]1O[C@H](C)[C@H](O)[C@H](O)[C@H]1O. The van der Waals surface area contributed by atoms with Crippen molar-refractivity contribution in [1.82, 2.24) is 5.32 Å². The van der Waals surface area contributed by atoms with Gasteiger partial charge in [-0.15, -0.1) is 0 Å². The quantitative estimate of drug-likeness (QED) is 0.147. The number of rotatable bonds is 7. The highest BCUT2D eigenvalue weighted by Gasteiger charge is 2.54. The van der Waals surface area contributed by atoms with Gasteiger partial charge in [0.1, 0.15) is 67.1 Å². The van der Waals surface area contributed by atoms with Gasteiger partial charge in [0.15, 0.2) is 18.9 Å². The maximum atomic E-state index is 11.8. The molecule has 10 N–H and O–H groups in total. The zero-order valence-electron chi connectivity index (χ0n) is 19.5. The zero-order valence-corrected chi connectivity index (χ0v) is 19.5. The number of nitrogens with one attached hydrogen (secondary N) is 1. The van der Waals surface area contributed by atoms with Crippen molar-refractivity contribution in [2.24, 2.45) is 0 Å². The Hall–Kier alpha value is -1.09. The van der Waals surface area contributed by atoms with Gasteiger partial charge in [0.25, 0.3) is 0 Å². The first kappa shape index (κ1) is 29.5. The van der Waals surface area contributed by atoms with Crippen LogP contribution in [0.25, 0.3) is 0 Å². The van der Waals surface area contributed by atoms with Crippen molar-refractivity contribution in [2.45, 2.75) is 106 Å². The molecule has 16 nitrogen and oxygen atoms in total. The summed E-state index contributed by atoms with van der Waals surface area (Å²) in [5.74, 6) is -0.640. The fourth-order valence-corrected chi connectivity index (χ4v) is 4.40. The van der Waals surface area contributed by atoms with Gasteiger partial charge in [-0.25, -0.2) is 0 Å². The first-order chi connectivity index (χ1) is 16.9. The van der Waals surface area contributed by atoms with Crippen molar-refractivity contribution in [3.63, 3.8) is 0 Å². The Labute approximate surface area is 205 Å². The Kier molecular flexibility index (Phi) is 9.97. The molecule has 16 heteroatoms. The third-order valence-electron chi connectivity index (χ3n) is 6.45. The van der Waals surface area contributed by atoms with E-state index in [1.54, 1.807) is 0 Å². The molecular weight excluding hydrogens is 494 g/mol. The highest BCUT2D eigenvalue weighted by atomic mass is 16.7. The lowest BCUT2D eigenvalue weighted by molar-refractivity contribution is -0.370.